The van der Waals surface area contributed by atoms with Gasteiger partial charge in [0.05, 0.1) is 23.5 Å². The second-order valence-corrected chi connectivity index (χ2v) is 11.7. The number of carbonyl (C=O) groups is 1. The smallest absolute Gasteiger partial charge is 0.243 e. The van der Waals surface area contributed by atoms with Gasteiger partial charge in [-0.2, -0.15) is 15.5 Å². The molecule has 6 rings (SSSR count). The average Bonchev–Trinajstić information content (AvgIpc) is 3.68. The Hall–Kier alpha value is -4.66. The third kappa shape index (κ3) is 6.11. The molecule has 218 valence electrons. The van der Waals surface area contributed by atoms with E-state index in [1.165, 1.54) is 10.5 Å². The Morgan fingerprint density at radius 1 is 0.953 bits per heavy atom. The molecule has 1 saturated heterocycles. The van der Waals surface area contributed by atoms with E-state index in [1.54, 1.807) is 52.3 Å². The Kier molecular flexibility index (Phi) is 8.13. The van der Waals surface area contributed by atoms with Crippen molar-refractivity contribution in [3.05, 3.63) is 84.6 Å². The summed E-state index contributed by atoms with van der Waals surface area (Å²) in [6, 6.07) is 17.3. The van der Waals surface area contributed by atoms with Crippen LogP contribution in [0.3, 0.4) is 0 Å². The van der Waals surface area contributed by atoms with Gasteiger partial charge in [-0.1, -0.05) is 12.1 Å². The Morgan fingerprint density at radius 3 is 2.42 bits per heavy atom. The summed E-state index contributed by atoms with van der Waals surface area (Å²) in [6.07, 6.45) is 11.0. The molecule has 1 amide bonds. The summed E-state index contributed by atoms with van der Waals surface area (Å²) < 4.78 is 3.36. The van der Waals surface area contributed by atoms with Crippen LogP contribution in [0.5, 0.6) is 0 Å². The quantitative estimate of drug-likeness (QED) is 0.247. The zero-order chi connectivity index (χ0) is 29.9. The van der Waals surface area contributed by atoms with Gasteiger partial charge in [-0.25, -0.2) is 9.50 Å². The molecule has 4 aromatic heterocycles. The normalized spacial score (nSPS) is 13.8. The Balaban J connectivity index is 1.20. The second kappa shape index (κ2) is 12.3. The number of anilines is 1. The van der Waals surface area contributed by atoms with Crippen LogP contribution in [0, 0.1) is 11.3 Å². The number of nitrogens with zero attached hydrogens (tertiary/aromatic N) is 9. The number of fused-ring (bicyclic) bond motifs is 1. The van der Waals surface area contributed by atoms with E-state index in [0.29, 0.717) is 5.56 Å². The Labute approximate surface area is 255 Å². The van der Waals surface area contributed by atoms with Crippen molar-refractivity contribution in [3.63, 3.8) is 0 Å². The first-order valence-corrected chi connectivity index (χ1v) is 15.4. The first kappa shape index (κ1) is 28.5. The maximum atomic E-state index is 12.2. The predicted octanol–water partition coefficient (Wildman–Crippen LogP) is 4.26. The average molecular weight is 592 g/mol. The lowest BCUT2D eigenvalue weighted by Crippen LogP contribution is -2.46. The Bertz CT molecular complexity index is 1780. The van der Waals surface area contributed by atoms with Gasteiger partial charge in [0.1, 0.15) is 18.4 Å². The summed E-state index contributed by atoms with van der Waals surface area (Å²) in [4.78, 5) is 24.7. The second-order valence-electron chi connectivity index (χ2n) is 10.8. The third-order valence-electron chi connectivity index (χ3n) is 7.82. The van der Waals surface area contributed by atoms with Gasteiger partial charge >= 0.3 is 0 Å². The van der Waals surface area contributed by atoms with E-state index in [2.05, 4.69) is 68.7 Å². The number of hydrogen-bond donors (Lipinski definition) is 0. The van der Waals surface area contributed by atoms with Crippen molar-refractivity contribution in [3.8, 4) is 28.3 Å². The fourth-order valence-corrected chi connectivity index (χ4v) is 5.73. The molecule has 11 heteroatoms. The van der Waals surface area contributed by atoms with Gasteiger partial charge < -0.3 is 9.80 Å². The van der Waals surface area contributed by atoms with Crippen molar-refractivity contribution in [2.45, 2.75) is 18.0 Å². The van der Waals surface area contributed by atoms with Gasteiger partial charge in [0, 0.05) is 92.6 Å². The zero-order valence-electron chi connectivity index (χ0n) is 24.5. The molecular formula is C32H33N9OS. The zero-order valence-corrected chi connectivity index (χ0v) is 25.3. The van der Waals surface area contributed by atoms with E-state index >= 15 is 0 Å². The molecule has 5 aromatic rings. The van der Waals surface area contributed by atoms with Crippen LogP contribution in [0.15, 0.2) is 78.3 Å². The number of likely N-dealkylation sites (N-methyl/N-ethyl adjacent to an activating group) is 1. The number of carbonyl (C=O) groups excluding carboxylic acids is 1. The minimum absolute atomic E-state index is 0.0370. The number of thioether (sulfide) groups is 1. The van der Waals surface area contributed by atoms with Gasteiger partial charge in [0.15, 0.2) is 0 Å². The molecule has 0 radical (unpaired) electrons. The molecule has 1 aliphatic rings. The molecule has 5 heterocycles. The number of pyridine rings is 2. The highest BCUT2D eigenvalue weighted by Crippen LogP contribution is 2.32. The monoisotopic (exact) mass is 591 g/mol. The van der Waals surface area contributed by atoms with Crippen LogP contribution in [-0.2, 0) is 17.9 Å². The van der Waals surface area contributed by atoms with Gasteiger partial charge in [-0.05, 0) is 42.2 Å². The summed E-state index contributed by atoms with van der Waals surface area (Å²) in [5, 5.41) is 18.6. The molecule has 0 bridgehead atoms. The largest absolute Gasteiger partial charge is 0.354 e. The molecule has 0 saturated carbocycles. The van der Waals surface area contributed by atoms with Crippen LogP contribution in [0.4, 0.5) is 5.82 Å². The van der Waals surface area contributed by atoms with Crippen LogP contribution in [0.2, 0.25) is 0 Å². The molecule has 0 spiro atoms. The fourth-order valence-electron chi connectivity index (χ4n) is 5.32. The molecule has 0 atom stereocenters. The molecule has 0 aliphatic carbocycles. The summed E-state index contributed by atoms with van der Waals surface area (Å²) in [7, 11) is 3.45. The van der Waals surface area contributed by atoms with Crippen molar-refractivity contribution >= 4 is 29.0 Å². The van der Waals surface area contributed by atoms with Crippen molar-refractivity contribution in [2.75, 3.05) is 51.4 Å². The number of nitriles is 1. The summed E-state index contributed by atoms with van der Waals surface area (Å²) in [6.45, 7) is 4.90. The lowest BCUT2D eigenvalue weighted by atomic mass is 10.0. The van der Waals surface area contributed by atoms with Gasteiger partial charge in [0.2, 0.25) is 5.91 Å². The minimum Gasteiger partial charge on any atom is -0.354 e. The van der Waals surface area contributed by atoms with E-state index in [0.717, 1.165) is 66.3 Å². The van der Waals surface area contributed by atoms with Crippen molar-refractivity contribution in [1.29, 1.82) is 5.26 Å². The number of piperazine rings is 1. The van der Waals surface area contributed by atoms with Crippen molar-refractivity contribution in [1.82, 2.24) is 34.2 Å². The number of hydrogen-bond acceptors (Lipinski definition) is 8. The Morgan fingerprint density at radius 2 is 1.74 bits per heavy atom. The van der Waals surface area contributed by atoms with Crippen LogP contribution in [0.1, 0.15) is 11.1 Å². The lowest BCUT2D eigenvalue weighted by molar-refractivity contribution is -0.129. The highest BCUT2D eigenvalue weighted by atomic mass is 32.2. The van der Waals surface area contributed by atoms with Gasteiger partial charge in [-0.3, -0.25) is 14.4 Å². The van der Waals surface area contributed by atoms with Crippen molar-refractivity contribution in [2.24, 2.45) is 0 Å². The first-order chi connectivity index (χ1) is 20.9. The summed E-state index contributed by atoms with van der Waals surface area (Å²) in [5.74, 6) is 0.908. The summed E-state index contributed by atoms with van der Waals surface area (Å²) in [5.41, 5.74) is 6.06. The van der Waals surface area contributed by atoms with Gasteiger partial charge in [0.25, 0.3) is 0 Å². The maximum absolute atomic E-state index is 12.2. The minimum atomic E-state index is -0.0370. The molecule has 1 fully saturated rings. The topological polar surface area (TPSA) is 98.6 Å². The number of aromatic nitrogens is 5. The molecular weight excluding hydrogens is 558 g/mol. The molecule has 1 aromatic carbocycles. The third-order valence-corrected chi connectivity index (χ3v) is 8.56. The van der Waals surface area contributed by atoms with Crippen molar-refractivity contribution < 1.29 is 4.79 Å². The molecule has 0 N–H and O–H groups in total. The molecule has 43 heavy (non-hydrogen) atoms. The predicted molar refractivity (Wildman–Crippen MR) is 169 cm³/mol. The van der Waals surface area contributed by atoms with Crippen LogP contribution >= 0.6 is 11.8 Å². The van der Waals surface area contributed by atoms with Crippen LogP contribution in [0.25, 0.3) is 27.8 Å². The van der Waals surface area contributed by atoms with E-state index in [4.69, 9.17) is 4.98 Å². The lowest BCUT2D eigenvalue weighted by Gasteiger charge is -2.35. The van der Waals surface area contributed by atoms with Gasteiger partial charge in [-0.15, -0.1) is 11.8 Å². The van der Waals surface area contributed by atoms with E-state index in [9.17, 15) is 10.1 Å². The van der Waals surface area contributed by atoms with E-state index in [1.807, 2.05) is 24.7 Å². The number of rotatable bonds is 8. The van der Waals surface area contributed by atoms with E-state index < -0.39 is 0 Å². The highest BCUT2D eigenvalue weighted by molar-refractivity contribution is 7.98. The number of amides is 1. The fraction of sp³-hybridized carbons (Fsp3) is 0.281. The SMILES string of the molecule is CSc1ccc(CN2CCN(c3ccc(-c4cc(-c5cnn(CC(=O)N(C)C)c5)cn5ncc(C#N)c45)cn3)CC2)cc1. The molecule has 1 aliphatic heterocycles. The molecule has 10 nitrogen and oxygen atoms in total. The van der Waals surface area contributed by atoms with Crippen LogP contribution in [-0.4, -0.2) is 86.6 Å². The standard InChI is InChI=1S/C32H33N9OS/c1-37(2)31(42)22-40-20-27(18-35-40)25-14-29(32-26(15-33)17-36-41(32)21-25)24-6-9-30(34-16-24)39-12-10-38(11-13-39)19-23-4-7-28(43-3)8-5-23/h4-9,14,16-18,20-21H,10-13,19,22H2,1-3H3. The molecule has 0 unspecified atom stereocenters. The summed E-state index contributed by atoms with van der Waals surface area (Å²) >= 11 is 1.77. The van der Waals surface area contributed by atoms with Crippen LogP contribution < -0.4 is 4.90 Å². The maximum Gasteiger partial charge on any atom is 0.243 e. The number of benzene rings is 1. The van der Waals surface area contributed by atoms with E-state index in [-0.39, 0.29) is 12.5 Å². The first-order valence-electron chi connectivity index (χ1n) is 14.1. The highest BCUT2D eigenvalue weighted by Gasteiger charge is 2.20.